The Morgan fingerprint density at radius 2 is 2.25 bits per heavy atom. The zero-order valence-corrected chi connectivity index (χ0v) is 9.95. The summed E-state index contributed by atoms with van der Waals surface area (Å²) in [6.45, 7) is 3.80. The Morgan fingerprint density at radius 1 is 1.44 bits per heavy atom. The van der Waals surface area contributed by atoms with Crippen LogP contribution in [0.5, 0.6) is 0 Å². The maximum Gasteiger partial charge on any atom is 0.150 e. The summed E-state index contributed by atoms with van der Waals surface area (Å²) in [6, 6.07) is 8.05. The smallest absolute Gasteiger partial charge is 0.150 e. The van der Waals surface area contributed by atoms with E-state index in [1.165, 1.54) is 5.56 Å². The van der Waals surface area contributed by atoms with Crippen molar-refractivity contribution in [2.45, 2.75) is 13.3 Å². The summed E-state index contributed by atoms with van der Waals surface area (Å²) in [7, 11) is 1.65. The minimum absolute atomic E-state index is 0.210. The van der Waals surface area contributed by atoms with Gasteiger partial charge < -0.3 is 10.1 Å². The summed E-state index contributed by atoms with van der Waals surface area (Å²) in [5.41, 5.74) is 2.27. The van der Waals surface area contributed by atoms with Gasteiger partial charge in [-0.2, -0.15) is 0 Å². The molecular formula is C13H19NO2. The first-order valence-corrected chi connectivity index (χ1v) is 5.49. The van der Waals surface area contributed by atoms with Crippen LogP contribution in [0.25, 0.3) is 0 Å². The van der Waals surface area contributed by atoms with Gasteiger partial charge in [-0.25, -0.2) is 0 Å². The first-order chi connectivity index (χ1) is 7.72. The molecule has 3 heteroatoms. The molecule has 0 aliphatic heterocycles. The highest BCUT2D eigenvalue weighted by atomic mass is 16.5. The number of benzene rings is 1. The maximum absolute atomic E-state index is 11.6. The van der Waals surface area contributed by atoms with Crippen LogP contribution in [0.4, 0.5) is 0 Å². The number of hydrogen-bond acceptors (Lipinski definition) is 3. The van der Waals surface area contributed by atoms with Crippen molar-refractivity contribution < 1.29 is 9.53 Å². The van der Waals surface area contributed by atoms with Crippen molar-refractivity contribution in [2.24, 2.45) is 0 Å². The summed E-state index contributed by atoms with van der Waals surface area (Å²) in [5, 5.41) is 3.05. The molecule has 0 aliphatic rings. The third kappa shape index (κ3) is 5.05. The second-order valence-corrected chi connectivity index (χ2v) is 3.87. The molecule has 16 heavy (non-hydrogen) atoms. The van der Waals surface area contributed by atoms with E-state index in [4.69, 9.17) is 4.74 Å². The Bertz CT molecular complexity index is 336. The number of aryl methyl sites for hydroxylation is 1. The van der Waals surface area contributed by atoms with Crippen LogP contribution in [-0.2, 0) is 16.0 Å². The normalized spacial score (nSPS) is 10.4. The van der Waals surface area contributed by atoms with E-state index in [0.717, 1.165) is 12.1 Å². The van der Waals surface area contributed by atoms with Crippen molar-refractivity contribution >= 4 is 5.78 Å². The zero-order valence-electron chi connectivity index (χ0n) is 9.95. The molecule has 88 valence electrons. The number of ether oxygens (including phenoxy) is 1. The van der Waals surface area contributed by atoms with Crippen LogP contribution < -0.4 is 5.32 Å². The average molecular weight is 221 g/mol. The summed E-state index contributed by atoms with van der Waals surface area (Å²) >= 11 is 0. The molecular weight excluding hydrogens is 202 g/mol. The molecule has 0 bridgehead atoms. The Labute approximate surface area is 96.8 Å². The molecule has 0 fully saturated rings. The van der Waals surface area contributed by atoms with Crippen LogP contribution in [0.1, 0.15) is 11.1 Å². The summed E-state index contributed by atoms with van der Waals surface area (Å²) in [5.74, 6) is 0.210. The second kappa shape index (κ2) is 7.14. The summed E-state index contributed by atoms with van der Waals surface area (Å²) in [6.07, 6.45) is 0.502. The van der Waals surface area contributed by atoms with Gasteiger partial charge in [-0.05, 0) is 12.5 Å². The minimum atomic E-state index is 0.210. The van der Waals surface area contributed by atoms with Crippen LogP contribution in [0, 0.1) is 6.92 Å². The fourth-order valence-corrected chi connectivity index (χ4v) is 1.51. The fourth-order valence-electron chi connectivity index (χ4n) is 1.51. The summed E-state index contributed by atoms with van der Waals surface area (Å²) in [4.78, 5) is 11.6. The van der Waals surface area contributed by atoms with E-state index in [1.54, 1.807) is 7.11 Å². The molecule has 1 aromatic rings. The lowest BCUT2D eigenvalue weighted by atomic mass is 10.1. The minimum Gasteiger partial charge on any atom is -0.383 e. The van der Waals surface area contributed by atoms with Gasteiger partial charge in [0.1, 0.15) is 0 Å². The van der Waals surface area contributed by atoms with Crippen LogP contribution in [0.15, 0.2) is 24.3 Å². The Hall–Kier alpha value is -1.19. The fraction of sp³-hybridized carbons (Fsp3) is 0.462. The Balaban J connectivity index is 2.29. The van der Waals surface area contributed by atoms with Gasteiger partial charge in [0.15, 0.2) is 5.78 Å². The van der Waals surface area contributed by atoms with E-state index >= 15 is 0 Å². The standard InChI is InChI=1S/C13H19NO2/c1-11-4-3-5-12(8-11)9-13(15)10-14-6-7-16-2/h3-5,8,14H,6-7,9-10H2,1-2H3. The van der Waals surface area contributed by atoms with Crippen molar-refractivity contribution in [1.29, 1.82) is 0 Å². The Kier molecular flexibility index (Phi) is 5.75. The third-order valence-electron chi connectivity index (χ3n) is 2.29. The molecule has 0 spiro atoms. The number of Topliss-reactive ketones (excluding diaryl/α,β-unsaturated/α-hetero) is 1. The second-order valence-electron chi connectivity index (χ2n) is 3.87. The van der Waals surface area contributed by atoms with E-state index in [2.05, 4.69) is 5.32 Å². The van der Waals surface area contributed by atoms with E-state index in [1.807, 2.05) is 31.2 Å². The number of rotatable bonds is 7. The number of hydrogen-bond donors (Lipinski definition) is 1. The van der Waals surface area contributed by atoms with Gasteiger partial charge in [-0.15, -0.1) is 0 Å². The molecule has 0 unspecified atom stereocenters. The number of ketones is 1. The molecule has 0 saturated carbocycles. The van der Waals surface area contributed by atoms with Gasteiger partial charge in [0.2, 0.25) is 0 Å². The van der Waals surface area contributed by atoms with Gasteiger partial charge in [0, 0.05) is 20.1 Å². The third-order valence-corrected chi connectivity index (χ3v) is 2.29. The molecule has 0 aliphatic carbocycles. The largest absolute Gasteiger partial charge is 0.383 e. The number of carbonyl (C=O) groups excluding carboxylic acids is 1. The van der Waals surface area contributed by atoms with Crippen LogP contribution in [0.3, 0.4) is 0 Å². The quantitative estimate of drug-likeness (QED) is 0.706. The van der Waals surface area contributed by atoms with E-state index in [9.17, 15) is 4.79 Å². The van der Waals surface area contributed by atoms with Crippen LogP contribution in [-0.4, -0.2) is 32.6 Å². The number of nitrogens with one attached hydrogen (secondary N) is 1. The van der Waals surface area contributed by atoms with Gasteiger partial charge in [0.25, 0.3) is 0 Å². The number of methoxy groups -OCH3 is 1. The first kappa shape index (κ1) is 12.9. The van der Waals surface area contributed by atoms with Crippen molar-refractivity contribution in [1.82, 2.24) is 5.32 Å². The molecule has 1 N–H and O–H groups in total. The first-order valence-electron chi connectivity index (χ1n) is 5.49. The van der Waals surface area contributed by atoms with Crippen molar-refractivity contribution in [3.8, 4) is 0 Å². The van der Waals surface area contributed by atoms with Crippen LogP contribution >= 0.6 is 0 Å². The van der Waals surface area contributed by atoms with Gasteiger partial charge in [-0.3, -0.25) is 4.79 Å². The lowest BCUT2D eigenvalue weighted by Crippen LogP contribution is -2.27. The topological polar surface area (TPSA) is 38.3 Å². The molecule has 0 saturated heterocycles. The molecule has 0 heterocycles. The van der Waals surface area contributed by atoms with Gasteiger partial charge in [0.05, 0.1) is 13.2 Å². The lowest BCUT2D eigenvalue weighted by Gasteiger charge is -2.04. The zero-order chi connectivity index (χ0) is 11.8. The van der Waals surface area contributed by atoms with Crippen molar-refractivity contribution in [2.75, 3.05) is 26.8 Å². The predicted molar refractivity (Wildman–Crippen MR) is 64.6 cm³/mol. The molecule has 0 aromatic heterocycles. The molecule has 1 rings (SSSR count). The highest BCUT2D eigenvalue weighted by molar-refractivity contribution is 5.82. The molecule has 0 amide bonds. The monoisotopic (exact) mass is 221 g/mol. The van der Waals surface area contributed by atoms with Gasteiger partial charge in [-0.1, -0.05) is 29.8 Å². The number of carbonyl (C=O) groups is 1. The SMILES string of the molecule is COCCNCC(=O)Cc1cccc(C)c1. The van der Waals surface area contributed by atoms with Crippen LogP contribution in [0.2, 0.25) is 0 Å². The molecule has 1 aromatic carbocycles. The van der Waals surface area contributed by atoms with E-state index in [0.29, 0.717) is 19.6 Å². The lowest BCUT2D eigenvalue weighted by molar-refractivity contribution is -0.117. The highest BCUT2D eigenvalue weighted by Gasteiger charge is 2.02. The van der Waals surface area contributed by atoms with Crippen molar-refractivity contribution in [3.05, 3.63) is 35.4 Å². The highest BCUT2D eigenvalue weighted by Crippen LogP contribution is 2.04. The molecule has 3 nitrogen and oxygen atoms in total. The van der Waals surface area contributed by atoms with E-state index in [-0.39, 0.29) is 5.78 Å². The summed E-state index contributed by atoms with van der Waals surface area (Å²) < 4.78 is 4.88. The molecule has 0 atom stereocenters. The predicted octanol–water partition coefficient (Wildman–Crippen LogP) is 1.34. The molecule has 0 radical (unpaired) electrons. The van der Waals surface area contributed by atoms with Crippen molar-refractivity contribution in [3.63, 3.8) is 0 Å². The maximum atomic E-state index is 11.6. The Morgan fingerprint density at radius 3 is 2.94 bits per heavy atom. The van der Waals surface area contributed by atoms with E-state index < -0.39 is 0 Å². The van der Waals surface area contributed by atoms with Gasteiger partial charge >= 0.3 is 0 Å². The average Bonchev–Trinajstić information content (AvgIpc) is 2.24.